The summed E-state index contributed by atoms with van der Waals surface area (Å²) < 4.78 is 191. The monoisotopic (exact) mass is 789 g/mol. The van der Waals surface area contributed by atoms with E-state index in [0.717, 1.165) is 0 Å². The number of carbonyl (C=O) groups excluding carboxylic acids is 2. The van der Waals surface area contributed by atoms with Crippen LogP contribution in [0.5, 0.6) is 0 Å². The first-order valence-corrected chi connectivity index (χ1v) is 16.1. The molecule has 0 heterocycles. The van der Waals surface area contributed by atoms with Gasteiger partial charge in [0.15, 0.2) is 0 Å². The van der Waals surface area contributed by atoms with Crippen LogP contribution in [0.4, 0.5) is 57.1 Å². The van der Waals surface area contributed by atoms with Gasteiger partial charge in [-0.05, 0) is 12.5 Å². The molecule has 1 aromatic carbocycles. The highest BCUT2D eigenvalue weighted by Crippen LogP contribution is 2.65. The van der Waals surface area contributed by atoms with E-state index in [4.69, 9.17) is 4.52 Å². The lowest BCUT2D eigenvalue weighted by Crippen LogP contribution is -2.70. The van der Waals surface area contributed by atoms with Gasteiger partial charge >= 0.3 is 49.7 Å². The van der Waals surface area contributed by atoms with E-state index in [2.05, 4.69) is 10.1 Å². The minimum absolute atomic E-state index is 0.281. The van der Waals surface area contributed by atoms with Crippen molar-refractivity contribution in [2.24, 2.45) is 5.41 Å². The van der Waals surface area contributed by atoms with Gasteiger partial charge < -0.3 is 15.2 Å². The van der Waals surface area contributed by atoms with Crippen molar-refractivity contribution in [2.75, 3.05) is 62.1 Å². The number of esters is 1. The van der Waals surface area contributed by atoms with Gasteiger partial charge in [0.25, 0.3) is 0 Å². The maximum atomic E-state index is 14.3. The van der Waals surface area contributed by atoms with E-state index < -0.39 is 99.7 Å². The SMILES string of the molecule is CN(C)[P+](OCC(C)(CO)C(=O)N[C@@H](Cc1ccccc1)C(=O)OCCC(F)(F)C(F)(F)C(F)(F)C(F)(F)C(F)(F)C(F)(F)F)(N(C)C)N(C)C. The second-order valence-electron chi connectivity index (χ2n) is 12.2. The van der Waals surface area contributed by atoms with Gasteiger partial charge in [-0.2, -0.15) is 61.6 Å². The van der Waals surface area contributed by atoms with Gasteiger partial charge in [-0.3, -0.25) is 4.79 Å². The maximum absolute atomic E-state index is 14.3. The molecule has 0 aromatic heterocycles. The van der Waals surface area contributed by atoms with Gasteiger partial charge in [-0.25, -0.2) is 4.79 Å². The van der Waals surface area contributed by atoms with E-state index in [1.54, 1.807) is 56.3 Å². The van der Waals surface area contributed by atoms with Crippen molar-refractivity contribution in [1.29, 1.82) is 0 Å². The number of halogens is 13. The molecule has 0 spiro atoms. The average Bonchev–Trinajstić information content (AvgIpc) is 2.99. The number of rotatable bonds is 19. The zero-order valence-corrected chi connectivity index (χ0v) is 29.2. The van der Waals surface area contributed by atoms with Crippen molar-refractivity contribution >= 4 is 19.8 Å². The fourth-order valence-corrected chi connectivity index (χ4v) is 7.84. The number of nitrogens with one attached hydrogen (secondary N) is 1. The zero-order chi connectivity index (χ0) is 40.2. The first-order chi connectivity index (χ1) is 22.8. The standard InChI is InChI=1S/C28H38F13N4O5P/c1-22(16-46,17-50-51(43(2)3,44(4)5)45(6)7)21(48)42-19(15-18-11-9-8-10-12-18)20(47)49-14-13-23(29,30)24(31,32)25(33,34)26(35,36)27(37,38)28(39,40)41/h8-12,19,46H,13-17H2,1-7H3/p+1/t19-,22?/m0/s1. The lowest BCUT2D eigenvalue weighted by atomic mass is 9.91. The first-order valence-electron chi connectivity index (χ1n) is 14.5. The smallest absolute Gasteiger partial charge is 0.460 e. The fourth-order valence-electron chi connectivity index (χ4n) is 4.55. The van der Waals surface area contributed by atoms with Crippen LogP contribution in [0.3, 0.4) is 0 Å². The van der Waals surface area contributed by atoms with Crippen molar-refractivity contribution < 1.29 is 81.0 Å². The van der Waals surface area contributed by atoms with E-state index in [0.29, 0.717) is 0 Å². The number of ether oxygens (including phenoxy) is 1. The summed E-state index contributed by atoms with van der Waals surface area (Å²) in [5.41, 5.74) is -1.55. The topological polar surface area (TPSA) is 94.6 Å². The van der Waals surface area contributed by atoms with Crippen LogP contribution in [-0.2, 0) is 25.3 Å². The predicted octanol–water partition coefficient (Wildman–Crippen LogP) is 5.76. The summed E-state index contributed by atoms with van der Waals surface area (Å²) in [4.78, 5) is 26.4. The molecule has 51 heavy (non-hydrogen) atoms. The molecule has 1 aromatic rings. The van der Waals surface area contributed by atoms with Gasteiger partial charge in [-0.1, -0.05) is 30.3 Å². The third-order valence-corrected chi connectivity index (χ3v) is 11.1. The molecule has 9 nitrogen and oxygen atoms in total. The lowest BCUT2D eigenvalue weighted by molar-refractivity contribution is -0.440. The summed E-state index contributed by atoms with van der Waals surface area (Å²) in [7, 11) is 7.32. The molecule has 2 atom stereocenters. The van der Waals surface area contributed by atoms with Gasteiger partial charge in [-0.15, -0.1) is 14.0 Å². The van der Waals surface area contributed by atoms with E-state index in [1.807, 2.05) is 0 Å². The Morgan fingerprint density at radius 3 is 1.63 bits per heavy atom. The van der Waals surface area contributed by atoms with E-state index >= 15 is 0 Å². The highest BCUT2D eigenvalue weighted by molar-refractivity contribution is 7.64. The minimum atomic E-state index is -8.07. The molecule has 0 aliphatic rings. The van der Waals surface area contributed by atoms with Crippen LogP contribution in [0.2, 0.25) is 0 Å². The molecule has 0 aliphatic carbocycles. The Kier molecular flexibility index (Phi) is 14.8. The Hall–Kier alpha value is -2.52. The van der Waals surface area contributed by atoms with E-state index in [9.17, 15) is 71.8 Å². The summed E-state index contributed by atoms with van der Waals surface area (Å²) in [6.45, 7) is -2.16. The summed E-state index contributed by atoms with van der Waals surface area (Å²) in [5.74, 6) is -40.7. The summed E-state index contributed by atoms with van der Waals surface area (Å²) in [5, 5.41) is 12.4. The first kappa shape index (κ1) is 46.5. The van der Waals surface area contributed by atoms with Gasteiger partial charge in [0.1, 0.15) is 12.6 Å². The highest BCUT2D eigenvalue weighted by Gasteiger charge is 2.90. The van der Waals surface area contributed by atoms with Crippen LogP contribution in [0.15, 0.2) is 30.3 Å². The Morgan fingerprint density at radius 1 is 0.765 bits per heavy atom. The van der Waals surface area contributed by atoms with Crippen molar-refractivity contribution in [3.8, 4) is 0 Å². The molecule has 296 valence electrons. The van der Waals surface area contributed by atoms with Crippen molar-refractivity contribution in [3.63, 3.8) is 0 Å². The number of carbonyl (C=O) groups is 2. The van der Waals surface area contributed by atoms with E-state index in [1.165, 1.54) is 37.3 Å². The largest absolute Gasteiger partial charge is 0.464 e. The normalized spacial score (nSPS) is 16.0. The Labute approximate surface area is 285 Å². The number of aliphatic hydroxyl groups is 1. The molecule has 1 amide bonds. The molecular weight excluding hydrogens is 750 g/mol. The second-order valence-corrected chi connectivity index (χ2v) is 15.9. The number of amides is 1. The lowest BCUT2D eigenvalue weighted by Gasteiger charge is -2.39. The van der Waals surface area contributed by atoms with E-state index in [-0.39, 0.29) is 5.56 Å². The molecule has 2 N–H and O–H groups in total. The molecular formula is C28H39F13N4O5P+. The Bertz CT molecular complexity index is 1300. The summed E-state index contributed by atoms with van der Waals surface area (Å²) >= 11 is 0. The van der Waals surface area contributed by atoms with Crippen molar-refractivity contribution in [2.45, 2.75) is 61.6 Å². The number of aliphatic hydroxyl groups excluding tert-OH is 1. The molecule has 1 rings (SSSR count). The molecule has 0 fully saturated rings. The summed E-state index contributed by atoms with van der Waals surface area (Å²) in [6.07, 6.45) is -10.8. The molecule has 23 heteroatoms. The average molecular weight is 790 g/mol. The van der Waals surface area contributed by atoms with Gasteiger partial charge in [0.2, 0.25) is 5.91 Å². The van der Waals surface area contributed by atoms with Crippen LogP contribution in [0.1, 0.15) is 18.9 Å². The third kappa shape index (κ3) is 9.17. The van der Waals surface area contributed by atoms with Crippen LogP contribution >= 0.6 is 7.94 Å². The molecule has 0 aliphatic heterocycles. The molecule has 0 saturated carbocycles. The number of alkyl halides is 13. The second kappa shape index (κ2) is 16.2. The maximum Gasteiger partial charge on any atom is 0.460 e. The minimum Gasteiger partial charge on any atom is -0.464 e. The van der Waals surface area contributed by atoms with Gasteiger partial charge in [0.05, 0.1) is 25.0 Å². The number of benzene rings is 1. The zero-order valence-electron chi connectivity index (χ0n) is 28.3. The van der Waals surface area contributed by atoms with Crippen LogP contribution in [0, 0.1) is 5.41 Å². The summed E-state index contributed by atoms with van der Waals surface area (Å²) in [6, 6.07) is 5.44. The molecule has 0 saturated heterocycles. The van der Waals surface area contributed by atoms with Crippen LogP contribution < -0.4 is 5.32 Å². The number of hydrogen-bond acceptors (Lipinski definition) is 8. The van der Waals surface area contributed by atoms with Crippen LogP contribution in [-0.4, -0.2) is 135 Å². The number of hydrogen-bond donors (Lipinski definition) is 2. The highest BCUT2D eigenvalue weighted by atomic mass is 31.2. The van der Waals surface area contributed by atoms with Crippen LogP contribution in [0.25, 0.3) is 0 Å². The van der Waals surface area contributed by atoms with Crippen molar-refractivity contribution in [3.05, 3.63) is 35.9 Å². The fraction of sp³-hybridized carbons (Fsp3) is 0.714. The molecule has 0 bridgehead atoms. The molecule has 0 radical (unpaired) electrons. The van der Waals surface area contributed by atoms with Crippen molar-refractivity contribution in [1.82, 2.24) is 19.3 Å². The van der Waals surface area contributed by atoms with Gasteiger partial charge in [0, 0.05) is 48.7 Å². The Morgan fingerprint density at radius 2 is 1.22 bits per heavy atom. The third-order valence-electron chi connectivity index (χ3n) is 7.55. The molecule has 1 unspecified atom stereocenters. The predicted molar refractivity (Wildman–Crippen MR) is 158 cm³/mol. The number of nitrogens with zero attached hydrogens (tertiary/aromatic N) is 3. The quantitative estimate of drug-likeness (QED) is 0.104. The Balaban J connectivity index is 3.31.